The van der Waals surface area contributed by atoms with Crippen LogP contribution < -0.4 is 10.6 Å². The van der Waals surface area contributed by atoms with Gasteiger partial charge < -0.3 is 10.6 Å². The van der Waals surface area contributed by atoms with Crippen LogP contribution in [-0.2, 0) is 4.79 Å². The van der Waals surface area contributed by atoms with Crippen molar-refractivity contribution in [3.05, 3.63) is 63.9 Å². The minimum atomic E-state index is -0.438. The highest BCUT2D eigenvalue weighted by Gasteiger charge is 2.14. The fraction of sp³-hybridized carbons (Fsp3) is 0.188. The van der Waals surface area contributed by atoms with E-state index in [9.17, 15) is 9.59 Å². The van der Waals surface area contributed by atoms with Crippen LogP contribution in [-0.4, -0.2) is 23.3 Å². The Labute approximate surface area is 144 Å². The van der Waals surface area contributed by atoms with Crippen LogP contribution in [0.5, 0.6) is 0 Å². The molecule has 0 aliphatic heterocycles. The Morgan fingerprint density at radius 2 is 2.00 bits per heavy atom. The Morgan fingerprint density at radius 1 is 1.22 bits per heavy atom. The molecule has 2 N–H and O–H groups in total. The molecule has 1 aromatic carbocycles. The molecule has 0 aliphatic carbocycles. The van der Waals surface area contributed by atoms with Gasteiger partial charge in [0.1, 0.15) is 0 Å². The van der Waals surface area contributed by atoms with Gasteiger partial charge in [-0.05, 0) is 37.3 Å². The van der Waals surface area contributed by atoms with Crippen LogP contribution in [0.2, 0.25) is 10.0 Å². The number of benzene rings is 1. The third-order valence-electron chi connectivity index (χ3n) is 3.09. The van der Waals surface area contributed by atoms with Crippen molar-refractivity contribution in [3.8, 4) is 0 Å². The maximum absolute atomic E-state index is 12.0. The molecule has 2 aromatic rings. The number of aromatic nitrogens is 1. The zero-order chi connectivity index (χ0) is 16.8. The van der Waals surface area contributed by atoms with Crippen LogP contribution >= 0.6 is 23.2 Å². The van der Waals surface area contributed by atoms with Gasteiger partial charge in [-0.25, -0.2) is 0 Å². The maximum Gasteiger partial charge on any atom is 0.253 e. The van der Waals surface area contributed by atoms with Gasteiger partial charge in [-0.1, -0.05) is 29.3 Å². The third-order valence-corrected chi connectivity index (χ3v) is 3.64. The summed E-state index contributed by atoms with van der Waals surface area (Å²) in [7, 11) is 0. The quantitative estimate of drug-likeness (QED) is 0.869. The summed E-state index contributed by atoms with van der Waals surface area (Å²) < 4.78 is 0. The lowest BCUT2D eigenvalue weighted by atomic mass is 10.2. The van der Waals surface area contributed by atoms with Crippen molar-refractivity contribution in [1.29, 1.82) is 0 Å². The van der Waals surface area contributed by atoms with Gasteiger partial charge in [0.2, 0.25) is 5.91 Å². The van der Waals surface area contributed by atoms with Gasteiger partial charge in [0, 0.05) is 11.2 Å². The molecular formula is C16H15Cl2N3O2. The SMILES string of the molecule is CC(NC(=O)CNC(=O)c1ccc(Cl)cc1Cl)c1ccccn1. The highest BCUT2D eigenvalue weighted by Crippen LogP contribution is 2.20. The van der Waals surface area contributed by atoms with Crippen molar-refractivity contribution in [2.24, 2.45) is 0 Å². The molecule has 2 rings (SSSR count). The van der Waals surface area contributed by atoms with Gasteiger partial charge in [-0.2, -0.15) is 0 Å². The number of hydrogen-bond donors (Lipinski definition) is 2. The lowest BCUT2D eigenvalue weighted by Gasteiger charge is -2.13. The highest BCUT2D eigenvalue weighted by molar-refractivity contribution is 6.36. The molecule has 1 heterocycles. The second kappa shape index (κ2) is 7.94. The molecule has 7 heteroatoms. The lowest BCUT2D eigenvalue weighted by molar-refractivity contribution is -0.120. The fourth-order valence-corrected chi connectivity index (χ4v) is 2.42. The standard InChI is InChI=1S/C16H15Cl2N3O2/c1-10(14-4-2-3-7-19-14)21-15(22)9-20-16(23)12-6-5-11(17)8-13(12)18/h2-8,10H,9H2,1H3,(H,20,23)(H,21,22). The van der Waals surface area contributed by atoms with Gasteiger partial charge in [0.05, 0.1) is 28.9 Å². The van der Waals surface area contributed by atoms with Crippen molar-refractivity contribution in [2.75, 3.05) is 6.54 Å². The molecule has 0 fully saturated rings. The summed E-state index contributed by atoms with van der Waals surface area (Å²) in [5.41, 5.74) is 1.01. The smallest absolute Gasteiger partial charge is 0.253 e. The molecule has 0 spiro atoms. The molecule has 2 amide bonds. The molecule has 0 bridgehead atoms. The zero-order valence-corrected chi connectivity index (χ0v) is 13.9. The minimum absolute atomic E-state index is 0.158. The predicted molar refractivity (Wildman–Crippen MR) is 89.6 cm³/mol. The molecule has 0 radical (unpaired) electrons. The molecule has 0 aliphatic rings. The number of rotatable bonds is 5. The molecule has 5 nitrogen and oxygen atoms in total. The van der Waals surface area contributed by atoms with Crippen molar-refractivity contribution in [2.45, 2.75) is 13.0 Å². The van der Waals surface area contributed by atoms with E-state index in [1.54, 1.807) is 18.3 Å². The third kappa shape index (κ3) is 4.94. The van der Waals surface area contributed by atoms with E-state index in [4.69, 9.17) is 23.2 Å². The van der Waals surface area contributed by atoms with Crippen molar-refractivity contribution in [1.82, 2.24) is 15.6 Å². The average Bonchev–Trinajstić information content (AvgIpc) is 2.53. The first-order valence-corrected chi connectivity index (χ1v) is 7.66. The molecule has 1 atom stereocenters. The number of pyridine rings is 1. The topological polar surface area (TPSA) is 71.1 Å². The molecule has 1 aromatic heterocycles. The molecule has 23 heavy (non-hydrogen) atoms. The van der Waals surface area contributed by atoms with E-state index >= 15 is 0 Å². The summed E-state index contributed by atoms with van der Waals surface area (Å²) in [6, 6.07) is 9.75. The molecule has 120 valence electrons. The van der Waals surface area contributed by atoms with Crippen LogP contribution in [0.25, 0.3) is 0 Å². The van der Waals surface area contributed by atoms with Crippen LogP contribution in [0.15, 0.2) is 42.6 Å². The first-order valence-electron chi connectivity index (χ1n) is 6.91. The van der Waals surface area contributed by atoms with E-state index in [0.29, 0.717) is 5.02 Å². The second-order valence-electron chi connectivity index (χ2n) is 4.85. The maximum atomic E-state index is 12.0. The van der Waals surface area contributed by atoms with Crippen molar-refractivity contribution in [3.63, 3.8) is 0 Å². The molecule has 1 unspecified atom stereocenters. The summed E-state index contributed by atoms with van der Waals surface area (Å²) in [5, 5.41) is 5.95. The van der Waals surface area contributed by atoms with Gasteiger partial charge in [-0.15, -0.1) is 0 Å². The zero-order valence-electron chi connectivity index (χ0n) is 12.3. The number of carbonyl (C=O) groups is 2. The van der Waals surface area contributed by atoms with E-state index in [-0.39, 0.29) is 29.1 Å². The summed E-state index contributed by atoms with van der Waals surface area (Å²) in [6.07, 6.45) is 1.66. The number of nitrogens with zero attached hydrogens (tertiary/aromatic N) is 1. The molecule has 0 saturated heterocycles. The average molecular weight is 352 g/mol. The van der Waals surface area contributed by atoms with E-state index in [1.165, 1.54) is 12.1 Å². The normalized spacial score (nSPS) is 11.6. The van der Waals surface area contributed by atoms with Crippen molar-refractivity contribution >= 4 is 35.0 Å². The van der Waals surface area contributed by atoms with Crippen LogP contribution in [0, 0.1) is 0 Å². The van der Waals surface area contributed by atoms with E-state index in [0.717, 1.165) is 5.69 Å². The van der Waals surface area contributed by atoms with Gasteiger partial charge in [-0.3, -0.25) is 14.6 Å². The minimum Gasteiger partial charge on any atom is -0.346 e. The summed E-state index contributed by atoms with van der Waals surface area (Å²) in [5.74, 6) is -0.756. The first-order chi connectivity index (χ1) is 11.0. The number of hydrogen-bond acceptors (Lipinski definition) is 3. The summed E-state index contributed by atoms with van der Waals surface area (Å²) in [4.78, 5) is 28.1. The van der Waals surface area contributed by atoms with E-state index < -0.39 is 5.91 Å². The Hall–Kier alpha value is -2.11. The van der Waals surface area contributed by atoms with Crippen LogP contribution in [0.3, 0.4) is 0 Å². The monoisotopic (exact) mass is 351 g/mol. The van der Waals surface area contributed by atoms with Gasteiger partial charge in [0.15, 0.2) is 0 Å². The Morgan fingerprint density at radius 3 is 2.65 bits per heavy atom. The van der Waals surface area contributed by atoms with Crippen LogP contribution in [0.4, 0.5) is 0 Å². The predicted octanol–water partition coefficient (Wildman–Crippen LogP) is 3.00. The number of carbonyl (C=O) groups excluding carboxylic acids is 2. The number of amides is 2. The van der Waals surface area contributed by atoms with E-state index in [2.05, 4.69) is 15.6 Å². The van der Waals surface area contributed by atoms with Gasteiger partial charge in [0.25, 0.3) is 5.91 Å². The summed E-state index contributed by atoms with van der Waals surface area (Å²) in [6.45, 7) is 1.66. The second-order valence-corrected chi connectivity index (χ2v) is 5.69. The van der Waals surface area contributed by atoms with Crippen LogP contribution in [0.1, 0.15) is 29.0 Å². The van der Waals surface area contributed by atoms with E-state index in [1.807, 2.05) is 19.1 Å². The largest absolute Gasteiger partial charge is 0.346 e. The fourth-order valence-electron chi connectivity index (χ4n) is 1.93. The molecule has 0 saturated carbocycles. The van der Waals surface area contributed by atoms with Gasteiger partial charge >= 0.3 is 0 Å². The first kappa shape index (κ1) is 17.2. The molecular weight excluding hydrogens is 337 g/mol. The Balaban J connectivity index is 1.88. The number of halogens is 2. The lowest BCUT2D eigenvalue weighted by Crippen LogP contribution is -2.38. The number of nitrogens with one attached hydrogen (secondary N) is 2. The Kier molecular flexibility index (Phi) is 5.96. The highest BCUT2D eigenvalue weighted by atomic mass is 35.5. The van der Waals surface area contributed by atoms with Crippen molar-refractivity contribution < 1.29 is 9.59 Å². The Bertz CT molecular complexity index is 708. The summed E-state index contributed by atoms with van der Waals surface area (Å²) >= 11 is 11.7.